The van der Waals surface area contributed by atoms with E-state index in [-0.39, 0.29) is 18.6 Å². The molecule has 1 aromatic rings. The molecule has 0 spiro atoms. The average molecular weight is 466 g/mol. The number of pyridine rings is 1. The third kappa shape index (κ3) is 4.29. The van der Waals surface area contributed by atoms with Gasteiger partial charge in [-0.1, -0.05) is 32.6 Å². The molecule has 0 aromatic carbocycles. The molecule has 5 heteroatoms. The Morgan fingerprint density at radius 1 is 1.24 bits per heavy atom. The van der Waals surface area contributed by atoms with Crippen molar-refractivity contribution in [2.75, 3.05) is 13.7 Å². The quantitative estimate of drug-likeness (QED) is 0.583. The molecule has 5 rings (SSSR count). The van der Waals surface area contributed by atoms with Crippen molar-refractivity contribution in [1.82, 2.24) is 4.98 Å². The first-order valence-corrected chi connectivity index (χ1v) is 12.5. The molecule has 0 bridgehead atoms. The molecule has 1 heterocycles. The molecule has 4 aliphatic carbocycles. The second kappa shape index (κ2) is 9.43. The number of carbonyl (C=O) groups is 1. The molecule has 2 N–H and O–H groups in total. The van der Waals surface area contributed by atoms with Crippen LogP contribution in [0, 0.1) is 35.0 Å². The van der Waals surface area contributed by atoms with E-state index < -0.39 is 5.97 Å². The fraction of sp³-hybridized carbons (Fsp3) is 0.586. The number of hydrogen-bond acceptors (Lipinski definition) is 4. The molecule has 1 aromatic heterocycles. The van der Waals surface area contributed by atoms with Crippen LogP contribution in [0.15, 0.2) is 60.0 Å². The van der Waals surface area contributed by atoms with Crippen LogP contribution in [0.25, 0.3) is 0 Å². The molecular weight excluding hydrogens is 426 g/mol. The van der Waals surface area contributed by atoms with E-state index >= 15 is 0 Å². The van der Waals surface area contributed by atoms with Crippen LogP contribution >= 0.6 is 0 Å². The van der Waals surface area contributed by atoms with Crippen molar-refractivity contribution in [1.29, 1.82) is 0 Å². The van der Waals surface area contributed by atoms with E-state index in [0.29, 0.717) is 29.6 Å². The van der Waals surface area contributed by atoms with Crippen LogP contribution < -0.4 is 0 Å². The van der Waals surface area contributed by atoms with Crippen LogP contribution in [0.5, 0.6) is 0 Å². The molecule has 184 valence electrons. The summed E-state index contributed by atoms with van der Waals surface area (Å²) in [4.78, 5) is 14.0. The highest BCUT2D eigenvalue weighted by Crippen LogP contribution is 2.71. The minimum Gasteiger partial charge on any atom is -0.481 e. The van der Waals surface area contributed by atoms with Gasteiger partial charge in [0.25, 0.3) is 0 Å². The number of carboxylic acids is 1. The van der Waals surface area contributed by atoms with E-state index in [2.05, 4.69) is 44.5 Å². The second-order valence-corrected chi connectivity index (χ2v) is 11.1. The Morgan fingerprint density at radius 2 is 1.94 bits per heavy atom. The lowest BCUT2D eigenvalue weighted by molar-refractivity contribution is -0.136. The Labute approximate surface area is 203 Å². The number of carboxylic acid groups (broad SMARTS) is 1. The number of nitrogens with zero attached hydrogens (tertiary/aromatic N) is 1. The minimum atomic E-state index is -0.762. The number of aliphatic carboxylic acids is 1. The summed E-state index contributed by atoms with van der Waals surface area (Å²) in [6.07, 6.45) is 12.4. The fourth-order valence-corrected chi connectivity index (χ4v) is 7.22. The van der Waals surface area contributed by atoms with E-state index in [1.165, 1.54) is 18.4 Å². The maximum Gasteiger partial charge on any atom is 0.303 e. The molecule has 6 atom stereocenters. The summed E-state index contributed by atoms with van der Waals surface area (Å²) in [5, 5.41) is 18.3. The number of aromatic nitrogens is 1. The average Bonchev–Trinajstić information content (AvgIpc) is 3.35. The normalized spacial score (nSPS) is 34.9. The van der Waals surface area contributed by atoms with Crippen molar-refractivity contribution in [3.8, 4) is 0 Å². The van der Waals surface area contributed by atoms with Crippen LogP contribution in [0.1, 0.15) is 52.0 Å². The predicted molar refractivity (Wildman–Crippen MR) is 133 cm³/mol. The van der Waals surface area contributed by atoms with Crippen molar-refractivity contribution in [2.45, 2.75) is 58.5 Å². The molecule has 0 aliphatic heterocycles. The zero-order valence-corrected chi connectivity index (χ0v) is 21.0. The number of methoxy groups -OCH3 is 1. The van der Waals surface area contributed by atoms with Gasteiger partial charge in [0.15, 0.2) is 0 Å². The summed E-state index contributed by atoms with van der Waals surface area (Å²) >= 11 is 0. The first-order valence-electron chi connectivity index (χ1n) is 12.5. The molecule has 0 amide bonds. The molecule has 34 heavy (non-hydrogen) atoms. The van der Waals surface area contributed by atoms with E-state index in [1.807, 2.05) is 19.2 Å². The van der Waals surface area contributed by atoms with E-state index in [9.17, 15) is 9.90 Å². The lowest BCUT2D eigenvalue weighted by Gasteiger charge is -2.41. The first kappa shape index (κ1) is 24.9. The van der Waals surface area contributed by atoms with Gasteiger partial charge < -0.3 is 14.9 Å². The highest BCUT2D eigenvalue weighted by molar-refractivity contribution is 5.67. The second-order valence-electron chi connectivity index (χ2n) is 11.1. The summed E-state index contributed by atoms with van der Waals surface area (Å²) in [6, 6.07) is 3.64. The van der Waals surface area contributed by atoms with E-state index in [4.69, 9.17) is 9.84 Å². The Bertz CT molecular complexity index is 995. The van der Waals surface area contributed by atoms with Crippen molar-refractivity contribution in [2.24, 2.45) is 35.0 Å². The molecule has 2 saturated carbocycles. The molecule has 0 radical (unpaired) electrons. The highest BCUT2D eigenvalue weighted by Gasteiger charge is 2.66. The van der Waals surface area contributed by atoms with Gasteiger partial charge >= 0.3 is 5.97 Å². The third-order valence-corrected chi connectivity index (χ3v) is 9.14. The monoisotopic (exact) mass is 465 g/mol. The number of ether oxygens (including phenoxy) is 1. The molecular formula is C29H39NO4. The van der Waals surface area contributed by atoms with Gasteiger partial charge in [-0.3, -0.25) is 9.78 Å². The Balaban J connectivity index is 0.000000210. The van der Waals surface area contributed by atoms with Gasteiger partial charge in [-0.05, 0) is 89.7 Å². The molecule has 2 fully saturated rings. The molecule has 6 unspecified atom stereocenters. The van der Waals surface area contributed by atoms with Crippen LogP contribution in [0.4, 0.5) is 0 Å². The van der Waals surface area contributed by atoms with Crippen LogP contribution in [-0.4, -0.2) is 40.5 Å². The number of hydrogen-bond donors (Lipinski definition) is 2. The topological polar surface area (TPSA) is 79.7 Å². The van der Waals surface area contributed by atoms with Gasteiger partial charge in [0, 0.05) is 38.3 Å². The van der Waals surface area contributed by atoms with Crippen molar-refractivity contribution < 1.29 is 19.7 Å². The van der Waals surface area contributed by atoms with Gasteiger partial charge in [-0.15, -0.1) is 0 Å². The van der Waals surface area contributed by atoms with E-state index in [1.54, 1.807) is 12.4 Å². The number of aliphatic hydroxyl groups excluding tert-OH is 1. The SMILES string of the molecule is C=C1C(C)=CC2C3CCC4C(C3C=C(CO)CC12OC)C4(C)C.O=C(O)CCc1ccncc1. The van der Waals surface area contributed by atoms with Crippen molar-refractivity contribution >= 4 is 5.97 Å². The first-order chi connectivity index (χ1) is 16.2. The number of rotatable bonds is 5. The van der Waals surface area contributed by atoms with Crippen LogP contribution in [0.3, 0.4) is 0 Å². The Morgan fingerprint density at radius 3 is 2.56 bits per heavy atom. The van der Waals surface area contributed by atoms with E-state index in [0.717, 1.165) is 35.0 Å². The number of allylic oxidation sites excluding steroid dienone is 1. The van der Waals surface area contributed by atoms with Gasteiger partial charge in [0.2, 0.25) is 0 Å². The molecule has 4 aliphatic rings. The minimum absolute atomic E-state index is 0.144. The number of fused-ring (bicyclic) bond motifs is 5. The highest BCUT2D eigenvalue weighted by atomic mass is 16.5. The van der Waals surface area contributed by atoms with Crippen molar-refractivity contribution in [3.63, 3.8) is 0 Å². The maximum absolute atomic E-state index is 10.2. The van der Waals surface area contributed by atoms with Crippen LogP contribution in [0.2, 0.25) is 0 Å². The van der Waals surface area contributed by atoms with Crippen molar-refractivity contribution in [3.05, 3.63) is 65.5 Å². The Hall–Kier alpha value is -2.24. The summed E-state index contributed by atoms with van der Waals surface area (Å²) in [7, 11) is 1.83. The number of aliphatic hydroxyl groups is 1. The summed E-state index contributed by atoms with van der Waals surface area (Å²) in [5.74, 6) is 2.49. The van der Waals surface area contributed by atoms with Gasteiger partial charge in [0.05, 0.1) is 6.61 Å². The number of aryl methyl sites for hydroxylation is 1. The largest absolute Gasteiger partial charge is 0.481 e. The molecule has 5 nitrogen and oxygen atoms in total. The lowest BCUT2D eigenvalue weighted by Crippen LogP contribution is -2.43. The van der Waals surface area contributed by atoms with Gasteiger partial charge in [-0.2, -0.15) is 0 Å². The third-order valence-electron chi connectivity index (χ3n) is 9.14. The summed E-state index contributed by atoms with van der Waals surface area (Å²) < 4.78 is 6.14. The zero-order valence-electron chi connectivity index (χ0n) is 21.0. The summed E-state index contributed by atoms with van der Waals surface area (Å²) in [5.41, 5.74) is 4.71. The van der Waals surface area contributed by atoms with Gasteiger partial charge in [0.1, 0.15) is 5.60 Å². The fourth-order valence-electron chi connectivity index (χ4n) is 7.22. The molecule has 0 saturated heterocycles. The van der Waals surface area contributed by atoms with Gasteiger partial charge in [-0.25, -0.2) is 0 Å². The smallest absolute Gasteiger partial charge is 0.303 e. The lowest BCUT2D eigenvalue weighted by atomic mass is 9.68. The summed E-state index contributed by atoms with van der Waals surface area (Å²) in [6.45, 7) is 11.5. The maximum atomic E-state index is 10.2. The standard InChI is InChI=1S/C21H30O2.C8H9NO2/c1-12-8-18-15-6-7-17-19(20(17,3)4)16(15)9-14(11-22)10-21(18,23-5)13(12)2;10-8(11)2-1-7-3-5-9-6-4-7/h8-9,15-19,22H,2,6-7,10-11H2,1,3-5H3;3-6H,1-2H2,(H,10,11). The zero-order chi connectivity index (χ0) is 24.7. The Kier molecular flexibility index (Phi) is 6.90. The van der Waals surface area contributed by atoms with Crippen LogP contribution in [-0.2, 0) is 16.0 Å². The predicted octanol–water partition coefficient (Wildman–Crippen LogP) is 5.22.